The van der Waals surface area contributed by atoms with E-state index in [1.165, 1.54) is 0 Å². The highest BCUT2D eigenvalue weighted by Crippen LogP contribution is 2.24. The molecule has 0 fully saturated rings. The van der Waals surface area contributed by atoms with Crippen molar-refractivity contribution in [1.82, 2.24) is 15.0 Å². The second-order valence-corrected chi connectivity index (χ2v) is 7.50. The average molecular weight is 435 g/mol. The third-order valence-corrected chi connectivity index (χ3v) is 5.17. The Hall–Kier alpha value is -3.65. The molecule has 1 unspecified atom stereocenters. The minimum Gasteiger partial charge on any atom is -0.491 e. The van der Waals surface area contributed by atoms with Gasteiger partial charge in [0.25, 0.3) is 0 Å². The smallest absolute Gasteiger partial charge is 0.339 e. The lowest BCUT2D eigenvalue weighted by atomic mass is 10.0. The molecule has 1 N–H and O–H groups in total. The molecule has 0 spiro atoms. The Kier molecular flexibility index (Phi) is 6.51. The van der Waals surface area contributed by atoms with Crippen LogP contribution >= 0.6 is 0 Å². The molecule has 166 valence electrons. The van der Waals surface area contributed by atoms with Crippen molar-refractivity contribution in [2.75, 3.05) is 6.61 Å². The maximum absolute atomic E-state index is 12.1. The molecule has 0 bridgehead atoms. The number of hydrogen-bond acceptors (Lipinski definition) is 7. The van der Waals surface area contributed by atoms with Crippen molar-refractivity contribution >= 4 is 11.0 Å². The number of nitrogens with zero attached hydrogens (tertiary/aromatic N) is 3. The maximum atomic E-state index is 12.1. The summed E-state index contributed by atoms with van der Waals surface area (Å²) in [6, 6.07) is 14.8. The largest absolute Gasteiger partial charge is 0.491 e. The van der Waals surface area contributed by atoms with Gasteiger partial charge in [0.2, 0.25) is 0 Å². The lowest BCUT2D eigenvalue weighted by Crippen LogP contribution is -2.24. The first-order valence-electron chi connectivity index (χ1n) is 10.5. The fourth-order valence-corrected chi connectivity index (χ4v) is 3.50. The maximum Gasteiger partial charge on any atom is 0.339 e. The van der Waals surface area contributed by atoms with E-state index in [0.717, 1.165) is 16.7 Å². The third-order valence-electron chi connectivity index (χ3n) is 5.17. The number of aromatic nitrogens is 3. The Balaban J connectivity index is 1.33. The predicted octanol–water partition coefficient (Wildman–Crippen LogP) is 3.27. The average Bonchev–Trinajstić information content (AvgIpc) is 3.24. The topological polar surface area (TPSA) is 99.6 Å². The normalized spacial score (nSPS) is 12.1. The van der Waals surface area contributed by atoms with Crippen molar-refractivity contribution in [3.63, 3.8) is 0 Å². The summed E-state index contributed by atoms with van der Waals surface area (Å²) >= 11 is 0. The Labute approximate surface area is 185 Å². The number of aliphatic hydroxyl groups is 1. The number of fused-ring (bicyclic) bond motifs is 1. The summed E-state index contributed by atoms with van der Waals surface area (Å²) in [5.41, 5.74) is 2.41. The number of para-hydroxylation sites is 1. The van der Waals surface area contributed by atoms with Gasteiger partial charge < -0.3 is 19.0 Å². The van der Waals surface area contributed by atoms with Crippen LogP contribution in [0.1, 0.15) is 23.7 Å². The standard InChI is InChI=1S/C24H25N3O5/c1-3-21-16(2)22-10-9-20(11-23(22)32-24(21)29)31-15-18(28)13-27-12-17(25-26-27)14-30-19-7-5-4-6-8-19/h4-12,18,28H,3,13-15H2,1-2H3. The molecular formula is C24H25N3O5. The van der Waals surface area contributed by atoms with Crippen LogP contribution in [-0.2, 0) is 19.6 Å². The van der Waals surface area contributed by atoms with E-state index in [-0.39, 0.29) is 25.4 Å². The molecular weight excluding hydrogens is 410 g/mol. The SMILES string of the molecule is CCc1c(C)c2ccc(OCC(O)Cn3cc(COc4ccccc4)nn3)cc2oc1=O. The molecule has 0 amide bonds. The van der Waals surface area contributed by atoms with Gasteiger partial charge in [-0.05, 0) is 43.2 Å². The molecule has 0 saturated heterocycles. The van der Waals surface area contributed by atoms with Crippen molar-refractivity contribution in [3.8, 4) is 11.5 Å². The van der Waals surface area contributed by atoms with Gasteiger partial charge in [0.05, 0.1) is 12.7 Å². The second-order valence-electron chi connectivity index (χ2n) is 7.50. The number of hydrogen-bond donors (Lipinski definition) is 1. The zero-order valence-electron chi connectivity index (χ0n) is 18.0. The van der Waals surface area contributed by atoms with E-state index in [4.69, 9.17) is 13.9 Å². The Morgan fingerprint density at radius 3 is 2.72 bits per heavy atom. The Morgan fingerprint density at radius 2 is 1.94 bits per heavy atom. The van der Waals surface area contributed by atoms with Gasteiger partial charge in [0, 0.05) is 17.0 Å². The van der Waals surface area contributed by atoms with Crippen LogP contribution in [-0.4, -0.2) is 32.8 Å². The Bertz CT molecular complexity index is 1250. The first-order chi connectivity index (χ1) is 15.5. The first-order valence-corrected chi connectivity index (χ1v) is 10.5. The van der Waals surface area contributed by atoms with Crippen LogP contribution in [0.2, 0.25) is 0 Å². The van der Waals surface area contributed by atoms with Crippen LogP contribution in [0.15, 0.2) is 63.9 Å². The Morgan fingerprint density at radius 1 is 1.12 bits per heavy atom. The predicted molar refractivity (Wildman–Crippen MR) is 119 cm³/mol. The monoisotopic (exact) mass is 435 g/mol. The van der Waals surface area contributed by atoms with Crippen LogP contribution < -0.4 is 15.1 Å². The van der Waals surface area contributed by atoms with Gasteiger partial charge in [-0.15, -0.1) is 5.10 Å². The van der Waals surface area contributed by atoms with Crippen LogP contribution in [0.5, 0.6) is 11.5 Å². The van der Waals surface area contributed by atoms with Crippen LogP contribution in [0.4, 0.5) is 0 Å². The number of aryl methyl sites for hydroxylation is 1. The zero-order valence-corrected chi connectivity index (χ0v) is 18.0. The van der Waals surface area contributed by atoms with E-state index in [2.05, 4.69) is 10.3 Å². The molecule has 2 heterocycles. The molecule has 0 radical (unpaired) electrons. The highest BCUT2D eigenvalue weighted by atomic mass is 16.5. The number of aliphatic hydroxyl groups excluding tert-OH is 1. The van der Waals surface area contributed by atoms with Gasteiger partial charge in [-0.25, -0.2) is 9.48 Å². The summed E-state index contributed by atoms with van der Waals surface area (Å²) in [5, 5.41) is 19.3. The van der Waals surface area contributed by atoms with Gasteiger partial charge in [0.1, 0.15) is 42.1 Å². The lowest BCUT2D eigenvalue weighted by Gasteiger charge is -2.13. The second kappa shape index (κ2) is 9.65. The molecule has 8 nitrogen and oxygen atoms in total. The van der Waals surface area contributed by atoms with Crippen molar-refractivity contribution in [3.05, 3.63) is 82.0 Å². The quantitative estimate of drug-likeness (QED) is 0.403. The summed E-state index contributed by atoms with van der Waals surface area (Å²) in [4.78, 5) is 12.1. The molecule has 2 aromatic heterocycles. The van der Waals surface area contributed by atoms with Gasteiger partial charge in [-0.2, -0.15) is 0 Å². The van der Waals surface area contributed by atoms with Gasteiger partial charge >= 0.3 is 5.63 Å². The number of benzene rings is 2. The molecule has 0 aliphatic heterocycles. The molecule has 4 aromatic rings. The van der Waals surface area contributed by atoms with Gasteiger partial charge in [0.15, 0.2) is 0 Å². The molecule has 4 rings (SSSR count). The fraction of sp³-hybridized carbons (Fsp3) is 0.292. The van der Waals surface area contributed by atoms with Crippen molar-refractivity contribution < 1.29 is 19.0 Å². The highest BCUT2D eigenvalue weighted by molar-refractivity contribution is 5.82. The first kappa shape index (κ1) is 21.6. The minimum absolute atomic E-state index is 0.0530. The summed E-state index contributed by atoms with van der Waals surface area (Å²) in [5.74, 6) is 1.27. The van der Waals surface area contributed by atoms with E-state index < -0.39 is 6.10 Å². The van der Waals surface area contributed by atoms with Crippen molar-refractivity contribution in [2.45, 2.75) is 39.5 Å². The summed E-state index contributed by atoms with van der Waals surface area (Å²) in [6.07, 6.45) is 1.55. The summed E-state index contributed by atoms with van der Waals surface area (Å²) < 4.78 is 18.3. The van der Waals surface area contributed by atoms with E-state index in [0.29, 0.717) is 29.0 Å². The van der Waals surface area contributed by atoms with Crippen molar-refractivity contribution in [2.24, 2.45) is 0 Å². The zero-order chi connectivity index (χ0) is 22.5. The van der Waals surface area contributed by atoms with E-state index in [1.807, 2.05) is 50.2 Å². The molecule has 0 aliphatic rings. The van der Waals surface area contributed by atoms with Gasteiger partial charge in [-0.3, -0.25) is 0 Å². The molecule has 32 heavy (non-hydrogen) atoms. The number of ether oxygens (including phenoxy) is 2. The molecule has 2 aromatic carbocycles. The van der Waals surface area contributed by atoms with Crippen LogP contribution in [0.3, 0.4) is 0 Å². The minimum atomic E-state index is -0.800. The highest BCUT2D eigenvalue weighted by Gasteiger charge is 2.12. The molecule has 0 aliphatic carbocycles. The fourth-order valence-electron chi connectivity index (χ4n) is 3.50. The van der Waals surface area contributed by atoms with Gasteiger partial charge in [-0.1, -0.05) is 30.3 Å². The third kappa shape index (κ3) is 4.97. The number of rotatable bonds is 9. The molecule has 1 atom stereocenters. The van der Waals surface area contributed by atoms with E-state index >= 15 is 0 Å². The summed E-state index contributed by atoms with van der Waals surface area (Å²) in [6.45, 7) is 4.41. The van der Waals surface area contributed by atoms with Crippen LogP contribution in [0.25, 0.3) is 11.0 Å². The summed E-state index contributed by atoms with van der Waals surface area (Å²) in [7, 11) is 0. The van der Waals surface area contributed by atoms with E-state index in [1.54, 1.807) is 23.0 Å². The van der Waals surface area contributed by atoms with Crippen molar-refractivity contribution in [1.29, 1.82) is 0 Å². The van der Waals surface area contributed by atoms with Crippen LogP contribution in [0, 0.1) is 6.92 Å². The molecule has 0 saturated carbocycles. The van der Waals surface area contributed by atoms with E-state index in [9.17, 15) is 9.90 Å². The lowest BCUT2D eigenvalue weighted by molar-refractivity contribution is 0.0888. The molecule has 8 heteroatoms.